The molecule has 4 heteroatoms. The molecule has 0 amide bonds. The predicted molar refractivity (Wildman–Crippen MR) is 69.0 cm³/mol. The van der Waals surface area contributed by atoms with Crippen LogP contribution in [0.1, 0.15) is 33.6 Å². The number of likely N-dealkylation sites (N-methyl/N-ethyl adjacent to an activating group) is 1. The summed E-state index contributed by atoms with van der Waals surface area (Å²) in [6.45, 7) is 9.80. The van der Waals surface area contributed by atoms with Crippen molar-refractivity contribution < 1.29 is 9.53 Å². The number of carbonyl (C=O) groups is 1. The van der Waals surface area contributed by atoms with Gasteiger partial charge in [-0.3, -0.25) is 9.69 Å². The summed E-state index contributed by atoms with van der Waals surface area (Å²) >= 11 is 0. The van der Waals surface area contributed by atoms with Gasteiger partial charge in [0.05, 0.1) is 12.6 Å². The zero-order chi connectivity index (χ0) is 12.8. The van der Waals surface area contributed by atoms with Crippen LogP contribution in [0.4, 0.5) is 0 Å². The normalized spacial score (nSPS) is 18.9. The highest BCUT2D eigenvalue weighted by Crippen LogP contribution is 2.14. The van der Waals surface area contributed by atoms with Gasteiger partial charge in [0.25, 0.3) is 0 Å². The third-order valence-corrected chi connectivity index (χ3v) is 3.37. The molecule has 100 valence electrons. The summed E-state index contributed by atoms with van der Waals surface area (Å²) in [5.74, 6) is -0.111. The van der Waals surface area contributed by atoms with Crippen molar-refractivity contribution in [1.82, 2.24) is 9.80 Å². The molecular weight excluding hydrogens is 216 g/mol. The smallest absolute Gasteiger partial charge is 0.320 e. The summed E-state index contributed by atoms with van der Waals surface area (Å²) in [6.07, 6.45) is 2.29. The molecule has 1 heterocycles. The van der Waals surface area contributed by atoms with Gasteiger partial charge in [0.1, 0.15) is 0 Å². The minimum atomic E-state index is -0.111. The molecule has 0 aromatic carbocycles. The van der Waals surface area contributed by atoms with Crippen molar-refractivity contribution in [2.24, 2.45) is 0 Å². The molecule has 0 saturated carbocycles. The van der Waals surface area contributed by atoms with E-state index in [1.165, 1.54) is 0 Å². The average molecular weight is 242 g/mol. The molecule has 0 unspecified atom stereocenters. The first kappa shape index (κ1) is 14.5. The number of hydrogen-bond acceptors (Lipinski definition) is 4. The first-order valence-electron chi connectivity index (χ1n) is 6.65. The second-order valence-corrected chi connectivity index (χ2v) is 5.12. The van der Waals surface area contributed by atoms with Gasteiger partial charge in [0.2, 0.25) is 0 Å². The summed E-state index contributed by atoms with van der Waals surface area (Å²) < 4.78 is 5.16. The molecule has 0 aromatic rings. The molecule has 17 heavy (non-hydrogen) atoms. The molecular formula is C13H26N2O2. The Morgan fingerprint density at radius 3 is 2.47 bits per heavy atom. The lowest BCUT2D eigenvalue weighted by atomic mass is 10.0. The minimum absolute atomic E-state index is 0.0159. The van der Waals surface area contributed by atoms with E-state index in [2.05, 4.69) is 16.7 Å². The minimum Gasteiger partial charge on any atom is -0.462 e. The molecule has 0 radical (unpaired) electrons. The topological polar surface area (TPSA) is 32.8 Å². The van der Waals surface area contributed by atoms with Crippen LogP contribution in [0.15, 0.2) is 0 Å². The molecule has 1 saturated heterocycles. The Hall–Kier alpha value is -0.610. The lowest BCUT2D eigenvalue weighted by Crippen LogP contribution is -2.45. The van der Waals surface area contributed by atoms with Crippen LogP contribution in [-0.4, -0.2) is 61.1 Å². The van der Waals surface area contributed by atoms with Crippen molar-refractivity contribution >= 4 is 5.97 Å². The van der Waals surface area contributed by atoms with Crippen LogP contribution in [0.5, 0.6) is 0 Å². The van der Waals surface area contributed by atoms with E-state index in [0.29, 0.717) is 12.6 Å². The SMILES string of the molecule is CCN1CCC(N(C)CC(=O)OC(C)C)CC1. The van der Waals surface area contributed by atoms with E-state index in [0.717, 1.165) is 32.5 Å². The van der Waals surface area contributed by atoms with Crippen molar-refractivity contribution in [1.29, 1.82) is 0 Å². The molecule has 0 bridgehead atoms. The van der Waals surface area contributed by atoms with Gasteiger partial charge in [-0.1, -0.05) is 6.92 Å². The quantitative estimate of drug-likeness (QED) is 0.681. The molecule has 0 aromatic heterocycles. The van der Waals surface area contributed by atoms with Crippen LogP contribution in [0.2, 0.25) is 0 Å². The van der Waals surface area contributed by atoms with Crippen LogP contribution < -0.4 is 0 Å². The summed E-state index contributed by atoms with van der Waals surface area (Å²) in [7, 11) is 2.02. The first-order chi connectivity index (χ1) is 8.02. The third-order valence-electron chi connectivity index (χ3n) is 3.37. The second kappa shape index (κ2) is 6.97. The maximum absolute atomic E-state index is 11.6. The molecule has 4 nitrogen and oxygen atoms in total. The maximum Gasteiger partial charge on any atom is 0.320 e. The highest BCUT2D eigenvalue weighted by molar-refractivity contribution is 5.71. The average Bonchev–Trinajstić information content (AvgIpc) is 2.28. The molecule has 0 atom stereocenters. The Morgan fingerprint density at radius 1 is 1.41 bits per heavy atom. The highest BCUT2D eigenvalue weighted by Gasteiger charge is 2.23. The van der Waals surface area contributed by atoms with Gasteiger partial charge in [-0.25, -0.2) is 0 Å². The van der Waals surface area contributed by atoms with E-state index in [1.807, 2.05) is 20.9 Å². The Kier molecular flexibility index (Phi) is 5.92. The number of hydrogen-bond donors (Lipinski definition) is 0. The standard InChI is InChI=1S/C13H26N2O2/c1-5-15-8-6-12(7-9-15)14(4)10-13(16)17-11(2)3/h11-12H,5-10H2,1-4H3. The van der Waals surface area contributed by atoms with Gasteiger partial charge in [0.15, 0.2) is 0 Å². The van der Waals surface area contributed by atoms with E-state index in [9.17, 15) is 4.79 Å². The van der Waals surface area contributed by atoms with E-state index >= 15 is 0 Å². The largest absolute Gasteiger partial charge is 0.462 e. The molecule has 1 aliphatic rings. The lowest BCUT2D eigenvalue weighted by molar-refractivity contribution is -0.149. The summed E-state index contributed by atoms with van der Waals surface area (Å²) in [5.41, 5.74) is 0. The van der Waals surface area contributed by atoms with Gasteiger partial charge < -0.3 is 9.64 Å². The van der Waals surface area contributed by atoms with Crippen molar-refractivity contribution in [3.63, 3.8) is 0 Å². The fourth-order valence-corrected chi connectivity index (χ4v) is 2.31. The Labute approximate surface area is 105 Å². The Morgan fingerprint density at radius 2 is 2.00 bits per heavy atom. The third kappa shape index (κ3) is 5.04. The second-order valence-electron chi connectivity index (χ2n) is 5.12. The number of carbonyl (C=O) groups excluding carboxylic acids is 1. The van der Waals surface area contributed by atoms with Crippen molar-refractivity contribution in [2.75, 3.05) is 33.2 Å². The molecule has 0 aliphatic carbocycles. The number of ether oxygens (including phenoxy) is 1. The zero-order valence-electron chi connectivity index (χ0n) is 11.6. The summed E-state index contributed by atoms with van der Waals surface area (Å²) in [5, 5.41) is 0. The van der Waals surface area contributed by atoms with Gasteiger partial charge in [-0.05, 0) is 53.4 Å². The van der Waals surface area contributed by atoms with Gasteiger partial charge >= 0.3 is 5.97 Å². The molecule has 0 N–H and O–H groups in total. The molecule has 1 aliphatic heterocycles. The summed E-state index contributed by atoms with van der Waals surface area (Å²) in [6, 6.07) is 0.525. The Balaban J connectivity index is 2.28. The maximum atomic E-state index is 11.6. The van der Waals surface area contributed by atoms with Crippen molar-refractivity contribution in [2.45, 2.75) is 45.8 Å². The predicted octanol–water partition coefficient (Wildman–Crippen LogP) is 1.35. The number of rotatable bonds is 5. The highest BCUT2D eigenvalue weighted by atomic mass is 16.5. The zero-order valence-corrected chi connectivity index (χ0v) is 11.6. The van der Waals surface area contributed by atoms with E-state index in [1.54, 1.807) is 0 Å². The number of nitrogens with zero attached hydrogens (tertiary/aromatic N) is 2. The van der Waals surface area contributed by atoms with Crippen LogP contribution in [0.25, 0.3) is 0 Å². The fraction of sp³-hybridized carbons (Fsp3) is 0.923. The first-order valence-corrected chi connectivity index (χ1v) is 6.65. The number of piperidine rings is 1. The molecule has 0 spiro atoms. The van der Waals surface area contributed by atoms with Gasteiger partial charge in [0, 0.05) is 6.04 Å². The monoisotopic (exact) mass is 242 g/mol. The molecule has 1 fully saturated rings. The van der Waals surface area contributed by atoms with Crippen molar-refractivity contribution in [3.8, 4) is 0 Å². The van der Waals surface area contributed by atoms with E-state index < -0.39 is 0 Å². The van der Waals surface area contributed by atoms with Gasteiger partial charge in [-0.2, -0.15) is 0 Å². The van der Waals surface area contributed by atoms with Crippen LogP contribution in [-0.2, 0) is 9.53 Å². The Bertz CT molecular complexity index is 236. The number of esters is 1. The lowest BCUT2D eigenvalue weighted by Gasteiger charge is -2.35. The number of likely N-dealkylation sites (tertiary alicyclic amines) is 1. The van der Waals surface area contributed by atoms with Crippen LogP contribution in [0, 0.1) is 0 Å². The summed E-state index contributed by atoms with van der Waals surface area (Å²) in [4.78, 5) is 16.1. The fourth-order valence-electron chi connectivity index (χ4n) is 2.31. The van der Waals surface area contributed by atoms with E-state index in [-0.39, 0.29) is 12.1 Å². The van der Waals surface area contributed by atoms with Crippen LogP contribution in [0.3, 0.4) is 0 Å². The van der Waals surface area contributed by atoms with Crippen LogP contribution >= 0.6 is 0 Å². The van der Waals surface area contributed by atoms with Crippen molar-refractivity contribution in [3.05, 3.63) is 0 Å². The van der Waals surface area contributed by atoms with E-state index in [4.69, 9.17) is 4.74 Å². The van der Waals surface area contributed by atoms with Gasteiger partial charge in [-0.15, -0.1) is 0 Å². The molecule has 1 rings (SSSR count).